The van der Waals surface area contributed by atoms with Crippen LogP contribution in [0.25, 0.3) is 11.1 Å². The molecule has 0 radical (unpaired) electrons. The van der Waals surface area contributed by atoms with E-state index in [1.54, 1.807) is 18.2 Å². The highest BCUT2D eigenvalue weighted by molar-refractivity contribution is 6.06. The number of hydrogen-bond acceptors (Lipinski definition) is 4. The standard InChI is InChI=1S/C18H13NO4/c20-16-8-5-10-11(16)2-1-3-13(10)18-14-6-9-17(21)12(14)4-7-15(18)19(22)23/h1-4,7H,5-6,8-9H2. The topological polar surface area (TPSA) is 77.3 Å². The first-order chi connectivity index (χ1) is 11.1. The Kier molecular flexibility index (Phi) is 2.91. The SMILES string of the molecule is O=C1CCc2c1cccc2-c1c([N+](=O)[O-])ccc2c1CCC2=O. The highest BCUT2D eigenvalue weighted by atomic mass is 16.6. The molecule has 23 heavy (non-hydrogen) atoms. The molecule has 5 nitrogen and oxygen atoms in total. The quantitative estimate of drug-likeness (QED) is 0.628. The number of nitrogens with zero attached hydrogens (tertiary/aromatic N) is 1. The van der Waals surface area contributed by atoms with Crippen LogP contribution in [0.1, 0.15) is 44.7 Å². The van der Waals surface area contributed by atoms with E-state index >= 15 is 0 Å². The van der Waals surface area contributed by atoms with Crippen LogP contribution in [0.2, 0.25) is 0 Å². The van der Waals surface area contributed by atoms with Crippen LogP contribution in [0, 0.1) is 10.1 Å². The number of carbonyl (C=O) groups excluding carboxylic acids is 2. The lowest BCUT2D eigenvalue weighted by Crippen LogP contribution is -2.01. The first-order valence-corrected chi connectivity index (χ1v) is 7.57. The van der Waals surface area contributed by atoms with Crippen LogP contribution in [0.15, 0.2) is 30.3 Å². The van der Waals surface area contributed by atoms with Crippen molar-refractivity contribution in [3.8, 4) is 11.1 Å². The molecule has 2 aromatic carbocycles. The molecule has 4 rings (SSSR count). The molecule has 2 aliphatic rings. The highest BCUT2D eigenvalue weighted by Gasteiger charge is 2.32. The first-order valence-electron chi connectivity index (χ1n) is 7.57. The third kappa shape index (κ3) is 1.93. The van der Waals surface area contributed by atoms with Crippen molar-refractivity contribution in [1.29, 1.82) is 0 Å². The summed E-state index contributed by atoms with van der Waals surface area (Å²) in [7, 11) is 0. The van der Waals surface area contributed by atoms with E-state index in [0.717, 1.165) is 16.7 Å². The Morgan fingerprint density at radius 2 is 1.39 bits per heavy atom. The number of benzene rings is 2. The molecule has 0 bridgehead atoms. The predicted molar refractivity (Wildman–Crippen MR) is 83.8 cm³/mol. The number of nitro groups is 1. The van der Waals surface area contributed by atoms with E-state index in [2.05, 4.69) is 0 Å². The second-order valence-electron chi connectivity index (χ2n) is 5.92. The van der Waals surface area contributed by atoms with Crippen molar-refractivity contribution in [3.63, 3.8) is 0 Å². The molecule has 0 atom stereocenters. The number of nitro benzene ring substituents is 1. The molecule has 0 unspecified atom stereocenters. The normalized spacial score (nSPS) is 15.7. The average Bonchev–Trinajstić information content (AvgIpc) is 3.10. The minimum absolute atomic E-state index is 0.00574. The van der Waals surface area contributed by atoms with Crippen molar-refractivity contribution < 1.29 is 14.5 Å². The van der Waals surface area contributed by atoms with Crippen LogP contribution >= 0.6 is 0 Å². The van der Waals surface area contributed by atoms with E-state index in [9.17, 15) is 19.7 Å². The zero-order chi connectivity index (χ0) is 16.1. The van der Waals surface area contributed by atoms with Gasteiger partial charge in [-0.05, 0) is 35.6 Å². The van der Waals surface area contributed by atoms with Gasteiger partial charge < -0.3 is 0 Å². The van der Waals surface area contributed by atoms with Crippen LogP contribution in [0.3, 0.4) is 0 Å². The van der Waals surface area contributed by atoms with Gasteiger partial charge in [-0.3, -0.25) is 19.7 Å². The number of carbonyl (C=O) groups is 2. The Hall–Kier alpha value is -2.82. The second kappa shape index (κ2) is 4.84. The van der Waals surface area contributed by atoms with Gasteiger partial charge in [0, 0.05) is 30.0 Å². The summed E-state index contributed by atoms with van der Waals surface area (Å²) in [6.07, 6.45) is 1.94. The summed E-state index contributed by atoms with van der Waals surface area (Å²) in [4.78, 5) is 35.0. The number of Topliss-reactive ketones (excluding diaryl/α,β-unsaturated/α-hetero) is 2. The Morgan fingerprint density at radius 3 is 2.09 bits per heavy atom. The molecular formula is C18H13NO4. The fourth-order valence-corrected chi connectivity index (χ4v) is 3.71. The number of ketones is 2. The zero-order valence-electron chi connectivity index (χ0n) is 12.3. The van der Waals surface area contributed by atoms with Gasteiger partial charge in [0.25, 0.3) is 5.69 Å². The number of rotatable bonds is 2. The minimum Gasteiger partial charge on any atom is -0.294 e. The molecule has 0 aliphatic heterocycles. The summed E-state index contributed by atoms with van der Waals surface area (Å²) in [6.45, 7) is 0. The van der Waals surface area contributed by atoms with Crippen molar-refractivity contribution >= 4 is 17.3 Å². The van der Waals surface area contributed by atoms with E-state index in [4.69, 9.17) is 0 Å². The van der Waals surface area contributed by atoms with Gasteiger partial charge in [-0.25, -0.2) is 0 Å². The number of fused-ring (bicyclic) bond motifs is 2. The molecule has 0 aromatic heterocycles. The Labute approximate surface area is 132 Å². The molecule has 2 aromatic rings. The molecule has 0 spiro atoms. The zero-order valence-corrected chi connectivity index (χ0v) is 12.3. The Balaban J connectivity index is 2.06. The molecular weight excluding hydrogens is 294 g/mol. The van der Waals surface area contributed by atoms with Gasteiger partial charge in [-0.1, -0.05) is 18.2 Å². The first kappa shape index (κ1) is 13.8. The molecule has 114 valence electrons. The summed E-state index contributed by atoms with van der Waals surface area (Å²) < 4.78 is 0. The van der Waals surface area contributed by atoms with Gasteiger partial charge in [-0.15, -0.1) is 0 Å². The Morgan fingerprint density at radius 1 is 0.783 bits per heavy atom. The summed E-state index contributed by atoms with van der Waals surface area (Å²) in [5.74, 6) is 0.105. The lowest BCUT2D eigenvalue weighted by molar-refractivity contribution is -0.384. The lowest BCUT2D eigenvalue weighted by atomic mass is 9.90. The third-order valence-electron chi connectivity index (χ3n) is 4.74. The van der Waals surface area contributed by atoms with Crippen LogP contribution in [0.5, 0.6) is 0 Å². The molecule has 0 heterocycles. The third-order valence-corrected chi connectivity index (χ3v) is 4.74. The van der Waals surface area contributed by atoms with E-state index < -0.39 is 4.92 Å². The monoisotopic (exact) mass is 307 g/mol. The van der Waals surface area contributed by atoms with E-state index in [0.29, 0.717) is 42.4 Å². The van der Waals surface area contributed by atoms with Crippen LogP contribution in [-0.2, 0) is 12.8 Å². The summed E-state index contributed by atoms with van der Waals surface area (Å²) >= 11 is 0. The maximum absolute atomic E-state index is 12.0. The maximum atomic E-state index is 12.0. The maximum Gasteiger partial charge on any atom is 0.277 e. The summed E-state index contributed by atoms with van der Waals surface area (Å²) in [5.41, 5.74) is 4.10. The van der Waals surface area contributed by atoms with Crippen molar-refractivity contribution in [3.05, 3.63) is 62.7 Å². The molecule has 0 fully saturated rings. The molecule has 2 aliphatic carbocycles. The van der Waals surface area contributed by atoms with Crippen LogP contribution in [0.4, 0.5) is 5.69 Å². The molecule has 0 saturated carbocycles. The molecule has 0 saturated heterocycles. The van der Waals surface area contributed by atoms with Gasteiger partial charge >= 0.3 is 0 Å². The largest absolute Gasteiger partial charge is 0.294 e. The summed E-state index contributed by atoms with van der Waals surface area (Å²) in [6, 6.07) is 8.32. The van der Waals surface area contributed by atoms with Crippen molar-refractivity contribution in [2.75, 3.05) is 0 Å². The molecule has 5 heteroatoms. The summed E-state index contributed by atoms with van der Waals surface area (Å²) in [5, 5.41) is 11.5. The van der Waals surface area contributed by atoms with Crippen molar-refractivity contribution in [1.82, 2.24) is 0 Å². The fourth-order valence-electron chi connectivity index (χ4n) is 3.71. The van der Waals surface area contributed by atoms with Crippen LogP contribution in [-0.4, -0.2) is 16.5 Å². The second-order valence-corrected chi connectivity index (χ2v) is 5.92. The number of hydrogen-bond donors (Lipinski definition) is 0. The van der Waals surface area contributed by atoms with E-state index in [1.807, 2.05) is 6.07 Å². The van der Waals surface area contributed by atoms with Gasteiger partial charge in [-0.2, -0.15) is 0 Å². The molecule has 0 N–H and O–H groups in total. The average molecular weight is 307 g/mol. The minimum atomic E-state index is -0.408. The van der Waals surface area contributed by atoms with Gasteiger partial charge in [0.2, 0.25) is 0 Å². The van der Waals surface area contributed by atoms with E-state index in [1.165, 1.54) is 6.07 Å². The van der Waals surface area contributed by atoms with Gasteiger partial charge in [0.1, 0.15) is 0 Å². The fraction of sp³-hybridized carbons (Fsp3) is 0.222. The smallest absolute Gasteiger partial charge is 0.277 e. The highest BCUT2D eigenvalue weighted by Crippen LogP contribution is 2.42. The van der Waals surface area contributed by atoms with Gasteiger partial charge in [0.05, 0.1) is 10.5 Å². The molecule has 0 amide bonds. The van der Waals surface area contributed by atoms with Crippen molar-refractivity contribution in [2.24, 2.45) is 0 Å². The Bertz CT molecular complexity index is 898. The van der Waals surface area contributed by atoms with Gasteiger partial charge in [0.15, 0.2) is 11.6 Å². The van der Waals surface area contributed by atoms with E-state index in [-0.39, 0.29) is 17.3 Å². The van der Waals surface area contributed by atoms with Crippen molar-refractivity contribution in [2.45, 2.75) is 25.7 Å². The predicted octanol–water partition coefficient (Wildman–Crippen LogP) is 3.52. The van der Waals surface area contributed by atoms with Crippen LogP contribution < -0.4 is 0 Å². The lowest BCUT2D eigenvalue weighted by Gasteiger charge is -2.12.